The fourth-order valence-electron chi connectivity index (χ4n) is 1.25. The molecule has 13 heavy (non-hydrogen) atoms. The van der Waals surface area contributed by atoms with Gasteiger partial charge in [-0.15, -0.1) is 0 Å². The number of hydrogen-bond donors (Lipinski definition) is 1. The maximum absolute atomic E-state index is 11.1. The van der Waals surface area contributed by atoms with Crippen LogP contribution in [0.4, 0.5) is 0 Å². The molecule has 1 rings (SSSR count). The summed E-state index contributed by atoms with van der Waals surface area (Å²) in [6.07, 6.45) is 3.31. The van der Waals surface area contributed by atoms with Crippen molar-refractivity contribution < 1.29 is 9.59 Å². The zero-order valence-corrected chi connectivity index (χ0v) is 8.05. The Bertz CT molecular complexity index is 313. The summed E-state index contributed by atoms with van der Waals surface area (Å²) in [5.41, 5.74) is 1.22. The first kappa shape index (κ1) is 9.71. The van der Waals surface area contributed by atoms with Gasteiger partial charge in [-0.1, -0.05) is 0 Å². The maximum atomic E-state index is 11.1. The Morgan fingerprint density at radius 1 is 1.31 bits per heavy atom. The van der Waals surface area contributed by atoms with Gasteiger partial charge < -0.3 is 5.32 Å². The molecule has 1 atom stereocenters. The van der Waals surface area contributed by atoms with Crippen LogP contribution in [0.15, 0.2) is 23.4 Å². The van der Waals surface area contributed by atoms with Gasteiger partial charge in [0.1, 0.15) is 0 Å². The summed E-state index contributed by atoms with van der Waals surface area (Å²) in [7, 11) is 0. The van der Waals surface area contributed by atoms with E-state index in [-0.39, 0.29) is 17.6 Å². The molecule has 0 aromatic rings. The van der Waals surface area contributed by atoms with Crippen molar-refractivity contribution in [2.24, 2.45) is 0 Å². The number of Topliss-reactive ketones (excluding diaryl/α,β-unsaturated/α-hetero) is 2. The van der Waals surface area contributed by atoms with Crippen LogP contribution in [0.25, 0.3) is 0 Å². The quantitative estimate of drug-likeness (QED) is 0.687. The molecule has 70 valence electrons. The van der Waals surface area contributed by atoms with Crippen molar-refractivity contribution in [3.05, 3.63) is 23.4 Å². The lowest BCUT2D eigenvalue weighted by atomic mass is 9.98. The van der Waals surface area contributed by atoms with E-state index in [1.807, 2.05) is 6.92 Å². The largest absolute Gasteiger partial charge is 0.384 e. The second-order valence-electron chi connectivity index (χ2n) is 3.20. The molecule has 1 unspecified atom stereocenters. The molecular formula is C10H13NO2. The van der Waals surface area contributed by atoms with E-state index in [9.17, 15) is 9.59 Å². The van der Waals surface area contributed by atoms with Crippen molar-refractivity contribution in [1.29, 1.82) is 0 Å². The maximum Gasteiger partial charge on any atom is 0.161 e. The second kappa shape index (κ2) is 3.56. The van der Waals surface area contributed by atoms with Gasteiger partial charge in [-0.05, 0) is 26.8 Å². The van der Waals surface area contributed by atoms with Crippen molar-refractivity contribution >= 4 is 11.6 Å². The summed E-state index contributed by atoms with van der Waals surface area (Å²) < 4.78 is 0. The van der Waals surface area contributed by atoms with E-state index < -0.39 is 0 Å². The lowest BCUT2D eigenvalue weighted by Gasteiger charge is -2.19. The Balaban J connectivity index is 2.98. The Morgan fingerprint density at radius 2 is 1.92 bits per heavy atom. The van der Waals surface area contributed by atoms with Crippen LogP contribution in [0, 0.1) is 0 Å². The number of nitrogens with one attached hydrogen (secondary N) is 1. The van der Waals surface area contributed by atoms with Crippen molar-refractivity contribution in [3.8, 4) is 0 Å². The number of allylic oxidation sites excluding steroid dienone is 2. The fraction of sp³-hybridized carbons (Fsp3) is 0.400. The topological polar surface area (TPSA) is 46.2 Å². The van der Waals surface area contributed by atoms with E-state index in [1.165, 1.54) is 13.8 Å². The number of rotatable bonds is 2. The molecule has 0 saturated heterocycles. The first-order valence-corrected chi connectivity index (χ1v) is 4.22. The van der Waals surface area contributed by atoms with Crippen molar-refractivity contribution in [1.82, 2.24) is 5.32 Å². The highest BCUT2D eigenvalue weighted by Gasteiger charge is 2.17. The number of hydrogen-bond acceptors (Lipinski definition) is 3. The summed E-state index contributed by atoms with van der Waals surface area (Å²) in [4.78, 5) is 22.1. The first-order valence-electron chi connectivity index (χ1n) is 4.22. The van der Waals surface area contributed by atoms with Gasteiger partial charge in [0.15, 0.2) is 11.6 Å². The molecule has 0 aliphatic carbocycles. The molecule has 0 aromatic heterocycles. The van der Waals surface area contributed by atoms with Crippen LogP contribution in [0.5, 0.6) is 0 Å². The van der Waals surface area contributed by atoms with Gasteiger partial charge in [0.25, 0.3) is 0 Å². The lowest BCUT2D eigenvalue weighted by molar-refractivity contribution is -0.113. The van der Waals surface area contributed by atoms with E-state index >= 15 is 0 Å². The monoisotopic (exact) mass is 179 g/mol. The lowest BCUT2D eigenvalue weighted by Crippen LogP contribution is -2.30. The fourth-order valence-corrected chi connectivity index (χ4v) is 1.25. The van der Waals surface area contributed by atoms with Gasteiger partial charge in [-0.25, -0.2) is 0 Å². The predicted molar refractivity (Wildman–Crippen MR) is 50.1 cm³/mol. The second-order valence-corrected chi connectivity index (χ2v) is 3.20. The Morgan fingerprint density at radius 3 is 2.38 bits per heavy atom. The molecule has 0 amide bonds. The summed E-state index contributed by atoms with van der Waals surface area (Å²) in [5.74, 6) is -0.0231. The SMILES string of the molecule is CC(=O)C1=CNC(C)C(C(C)=O)=C1. The number of ketones is 2. The van der Waals surface area contributed by atoms with Crippen LogP contribution in [-0.4, -0.2) is 17.6 Å². The molecule has 3 nitrogen and oxygen atoms in total. The summed E-state index contributed by atoms with van der Waals surface area (Å²) in [6.45, 7) is 4.88. The number of dihydropyridines is 1. The standard InChI is InChI=1S/C10H13NO2/c1-6-10(8(3)13)4-9(5-11-6)7(2)12/h4-6,11H,1-3H3. The van der Waals surface area contributed by atoms with Gasteiger partial charge in [-0.3, -0.25) is 9.59 Å². The minimum absolute atomic E-state index is 0.000556. The van der Waals surface area contributed by atoms with E-state index in [2.05, 4.69) is 5.32 Å². The predicted octanol–water partition coefficient (Wildman–Crippen LogP) is 0.966. The third kappa shape index (κ3) is 2.05. The van der Waals surface area contributed by atoms with Gasteiger partial charge in [0.2, 0.25) is 0 Å². The molecule has 1 heterocycles. The van der Waals surface area contributed by atoms with Crippen LogP contribution in [0.3, 0.4) is 0 Å². The van der Waals surface area contributed by atoms with Crippen molar-refractivity contribution in [2.45, 2.75) is 26.8 Å². The summed E-state index contributed by atoms with van der Waals surface area (Å²) in [5, 5.41) is 2.97. The van der Waals surface area contributed by atoms with E-state index in [4.69, 9.17) is 0 Å². The van der Waals surface area contributed by atoms with Gasteiger partial charge >= 0.3 is 0 Å². The normalized spacial score (nSPS) is 21.3. The Hall–Kier alpha value is -1.38. The molecule has 0 radical (unpaired) electrons. The molecule has 0 spiro atoms. The highest BCUT2D eigenvalue weighted by atomic mass is 16.1. The zero-order valence-electron chi connectivity index (χ0n) is 8.05. The van der Waals surface area contributed by atoms with E-state index in [0.717, 1.165) is 0 Å². The minimum atomic E-state index is -0.0295. The van der Waals surface area contributed by atoms with Crippen LogP contribution in [-0.2, 0) is 9.59 Å². The molecule has 0 fully saturated rings. The third-order valence-corrected chi connectivity index (χ3v) is 2.08. The van der Waals surface area contributed by atoms with Gasteiger partial charge in [0.05, 0.1) is 6.04 Å². The van der Waals surface area contributed by atoms with Crippen LogP contribution in [0.2, 0.25) is 0 Å². The molecule has 0 bridgehead atoms. The van der Waals surface area contributed by atoms with Gasteiger partial charge in [0, 0.05) is 17.3 Å². The van der Waals surface area contributed by atoms with Crippen molar-refractivity contribution in [3.63, 3.8) is 0 Å². The average Bonchev–Trinajstić information content (AvgIpc) is 2.04. The molecular weight excluding hydrogens is 166 g/mol. The van der Waals surface area contributed by atoms with Gasteiger partial charge in [-0.2, -0.15) is 0 Å². The number of carbonyl (C=O) groups is 2. The minimum Gasteiger partial charge on any atom is -0.384 e. The molecule has 1 aliphatic heterocycles. The third-order valence-electron chi connectivity index (χ3n) is 2.08. The molecule has 1 N–H and O–H groups in total. The average molecular weight is 179 g/mol. The smallest absolute Gasteiger partial charge is 0.161 e. The zero-order chi connectivity index (χ0) is 10.0. The Labute approximate surface area is 77.5 Å². The molecule has 1 aliphatic rings. The number of carbonyl (C=O) groups excluding carboxylic acids is 2. The van der Waals surface area contributed by atoms with Crippen LogP contribution >= 0.6 is 0 Å². The van der Waals surface area contributed by atoms with Crippen LogP contribution in [0.1, 0.15) is 20.8 Å². The van der Waals surface area contributed by atoms with Crippen molar-refractivity contribution in [2.75, 3.05) is 0 Å². The summed E-state index contributed by atoms with van der Waals surface area (Å²) >= 11 is 0. The molecule has 0 aromatic carbocycles. The highest BCUT2D eigenvalue weighted by molar-refractivity contribution is 6.01. The Kier molecular flexibility index (Phi) is 2.66. The molecule has 3 heteroatoms. The molecule has 0 saturated carbocycles. The first-order chi connectivity index (χ1) is 6.02. The van der Waals surface area contributed by atoms with E-state index in [0.29, 0.717) is 11.1 Å². The van der Waals surface area contributed by atoms with E-state index in [1.54, 1.807) is 12.3 Å². The highest BCUT2D eigenvalue weighted by Crippen LogP contribution is 2.13. The van der Waals surface area contributed by atoms with Crippen LogP contribution < -0.4 is 5.32 Å². The summed E-state index contributed by atoms with van der Waals surface area (Å²) in [6, 6.07) is 0.000556.